The van der Waals surface area contributed by atoms with E-state index in [2.05, 4.69) is 30.9 Å². The van der Waals surface area contributed by atoms with E-state index in [4.69, 9.17) is 16.3 Å². The lowest BCUT2D eigenvalue weighted by atomic mass is 10.1. The zero-order chi connectivity index (χ0) is 28.6. The van der Waals surface area contributed by atoms with E-state index >= 15 is 0 Å². The van der Waals surface area contributed by atoms with Crippen molar-refractivity contribution in [2.45, 2.75) is 32.7 Å². The number of anilines is 3. The van der Waals surface area contributed by atoms with Gasteiger partial charge in [-0.25, -0.2) is 15.0 Å². The summed E-state index contributed by atoms with van der Waals surface area (Å²) in [6.45, 7) is 3.78. The molecule has 40 heavy (non-hydrogen) atoms. The Kier molecular flexibility index (Phi) is 9.35. The highest BCUT2D eigenvalue weighted by atomic mass is 35.5. The number of esters is 1. The molecular formula is C27H28ClN7O5. The molecule has 0 bridgehead atoms. The van der Waals surface area contributed by atoms with Gasteiger partial charge in [-0.15, -0.1) is 0 Å². The third-order valence-corrected chi connectivity index (χ3v) is 6.31. The molecule has 1 aliphatic rings. The Balaban J connectivity index is 1.39. The van der Waals surface area contributed by atoms with Gasteiger partial charge in [0.25, 0.3) is 11.8 Å². The number of halogens is 1. The predicted molar refractivity (Wildman–Crippen MR) is 148 cm³/mol. The maximum Gasteiger partial charge on any atom is 0.303 e. The summed E-state index contributed by atoms with van der Waals surface area (Å²) in [5.74, 6) is -0.829. The SMILES string of the molecule is CC(=O)OCC(=O)C1CCCN(c2cnc(C(=O)Nc3ccc(C)cc3C(=O)Nc3ccc(Cl)cn3)cn2)CN1. The normalized spacial score (nSPS) is 15.1. The number of pyridine rings is 1. The molecule has 2 amide bonds. The minimum atomic E-state index is -0.535. The third kappa shape index (κ3) is 7.58. The second kappa shape index (κ2) is 13.1. The Hall–Kier alpha value is -4.42. The number of carbonyl (C=O) groups excluding carboxylic acids is 4. The fraction of sp³-hybridized carbons (Fsp3) is 0.296. The van der Waals surface area contributed by atoms with E-state index in [0.29, 0.717) is 48.4 Å². The Morgan fingerprint density at radius 1 is 1.05 bits per heavy atom. The number of hydrogen-bond acceptors (Lipinski definition) is 10. The summed E-state index contributed by atoms with van der Waals surface area (Å²) in [6, 6.07) is 7.83. The van der Waals surface area contributed by atoms with Crippen LogP contribution < -0.4 is 20.9 Å². The molecule has 0 saturated carbocycles. The van der Waals surface area contributed by atoms with Crippen LogP contribution in [0.3, 0.4) is 0 Å². The van der Waals surface area contributed by atoms with Gasteiger partial charge in [0.2, 0.25) is 0 Å². The van der Waals surface area contributed by atoms with Gasteiger partial charge < -0.3 is 20.3 Å². The van der Waals surface area contributed by atoms with Crippen molar-refractivity contribution in [2.24, 2.45) is 0 Å². The molecule has 208 valence electrons. The molecule has 0 spiro atoms. The van der Waals surface area contributed by atoms with E-state index in [9.17, 15) is 19.2 Å². The number of aromatic nitrogens is 3. The van der Waals surface area contributed by atoms with Crippen molar-refractivity contribution in [1.82, 2.24) is 20.3 Å². The van der Waals surface area contributed by atoms with E-state index in [-0.39, 0.29) is 23.6 Å². The van der Waals surface area contributed by atoms with Crippen molar-refractivity contribution >= 4 is 52.5 Å². The summed E-state index contributed by atoms with van der Waals surface area (Å²) in [4.78, 5) is 63.8. The highest BCUT2D eigenvalue weighted by Gasteiger charge is 2.24. The van der Waals surface area contributed by atoms with Crippen molar-refractivity contribution in [2.75, 3.05) is 35.4 Å². The van der Waals surface area contributed by atoms with Crippen molar-refractivity contribution in [3.05, 3.63) is 70.8 Å². The quantitative estimate of drug-likeness (QED) is 0.347. The lowest BCUT2D eigenvalue weighted by Gasteiger charge is -2.22. The largest absolute Gasteiger partial charge is 0.458 e. The standard InChI is InChI=1S/C27H28ClN7O5/c1-16-5-7-20(19(10-16)26(38)34-24-8-6-18(28)11-30-24)33-27(39)22-12-31-25(13-29-22)35-9-3-4-21(32-15-35)23(37)14-40-17(2)36/h5-8,10-13,21,32H,3-4,9,14-15H2,1-2H3,(H,33,39)(H,30,34,38). The topological polar surface area (TPSA) is 156 Å². The molecule has 0 aliphatic carbocycles. The first-order chi connectivity index (χ1) is 19.2. The number of nitrogens with one attached hydrogen (secondary N) is 3. The average Bonchev–Trinajstić information content (AvgIpc) is 3.20. The summed E-state index contributed by atoms with van der Waals surface area (Å²) < 4.78 is 4.81. The number of hydrogen-bond donors (Lipinski definition) is 3. The lowest BCUT2D eigenvalue weighted by Crippen LogP contribution is -2.42. The van der Waals surface area contributed by atoms with Crippen molar-refractivity contribution < 1.29 is 23.9 Å². The van der Waals surface area contributed by atoms with Crippen molar-refractivity contribution in [1.29, 1.82) is 0 Å². The van der Waals surface area contributed by atoms with E-state index in [1.807, 2.05) is 11.8 Å². The molecule has 4 rings (SSSR count). The first kappa shape index (κ1) is 28.6. The van der Waals surface area contributed by atoms with Gasteiger partial charge >= 0.3 is 5.97 Å². The molecule has 0 radical (unpaired) electrons. The molecule has 3 heterocycles. The number of ketones is 1. The van der Waals surface area contributed by atoms with Crippen molar-refractivity contribution in [3.8, 4) is 0 Å². The minimum Gasteiger partial charge on any atom is -0.458 e. The summed E-state index contributed by atoms with van der Waals surface area (Å²) in [5.41, 5.74) is 1.45. The maximum atomic E-state index is 13.0. The second-order valence-electron chi connectivity index (χ2n) is 9.15. The monoisotopic (exact) mass is 565 g/mol. The van der Waals surface area contributed by atoms with Crippen LogP contribution in [0.15, 0.2) is 48.9 Å². The highest BCUT2D eigenvalue weighted by Crippen LogP contribution is 2.21. The predicted octanol–water partition coefficient (Wildman–Crippen LogP) is 2.99. The summed E-state index contributed by atoms with van der Waals surface area (Å²) in [7, 11) is 0. The van der Waals surface area contributed by atoms with Crippen LogP contribution in [0.4, 0.5) is 17.3 Å². The zero-order valence-corrected chi connectivity index (χ0v) is 22.7. The molecule has 1 saturated heterocycles. The van der Waals surface area contributed by atoms with E-state index in [1.54, 1.807) is 30.3 Å². The molecule has 1 aliphatic heterocycles. The molecule has 13 heteroatoms. The Bertz CT molecular complexity index is 1400. The van der Waals surface area contributed by atoms with Crippen LogP contribution in [0.2, 0.25) is 5.02 Å². The van der Waals surface area contributed by atoms with E-state index < -0.39 is 23.8 Å². The molecule has 12 nitrogen and oxygen atoms in total. The lowest BCUT2D eigenvalue weighted by molar-refractivity contribution is -0.146. The van der Waals surface area contributed by atoms with Crippen LogP contribution >= 0.6 is 11.6 Å². The van der Waals surface area contributed by atoms with Gasteiger partial charge in [-0.1, -0.05) is 23.2 Å². The summed E-state index contributed by atoms with van der Waals surface area (Å²) in [5, 5.41) is 9.02. The first-order valence-corrected chi connectivity index (χ1v) is 12.9. The maximum absolute atomic E-state index is 13.0. The van der Waals surface area contributed by atoms with Crippen LogP contribution in [-0.4, -0.2) is 64.4 Å². The van der Waals surface area contributed by atoms with Crippen LogP contribution in [0.25, 0.3) is 0 Å². The van der Waals surface area contributed by atoms with Crippen LogP contribution in [0, 0.1) is 6.92 Å². The number of aryl methyl sites for hydroxylation is 1. The molecule has 1 unspecified atom stereocenters. The van der Waals surface area contributed by atoms with Gasteiger partial charge in [0.05, 0.1) is 41.4 Å². The summed E-state index contributed by atoms with van der Waals surface area (Å²) in [6.07, 6.45) is 5.54. The molecule has 1 atom stereocenters. The number of carbonyl (C=O) groups is 4. The van der Waals surface area contributed by atoms with Gasteiger partial charge in [-0.2, -0.15) is 0 Å². The number of nitrogens with zero attached hydrogens (tertiary/aromatic N) is 4. The molecule has 1 aromatic carbocycles. The highest BCUT2D eigenvalue weighted by molar-refractivity contribution is 6.30. The van der Waals surface area contributed by atoms with Gasteiger partial charge in [0.1, 0.15) is 17.3 Å². The molecule has 1 fully saturated rings. The number of amides is 2. The number of rotatable bonds is 8. The van der Waals surface area contributed by atoms with E-state index in [1.165, 1.54) is 25.5 Å². The third-order valence-electron chi connectivity index (χ3n) is 6.09. The first-order valence-electron chi connectivity index (χ1n) is 12.5. The molecule has 3 N–H and O–H groups in total. The average molecular weight is 566 g/mol. The molecule has 2 aromatic heterocycles. The molecule has 3 aromatic rings. The minimum absolute atomic E-state index is 0.0623. The van der Waals surface area contributed by atoms with Gasteiger partial charge in [0.15, 0.2) is 12.4 Å². The van der Waals surface area contributed by atoms with Crippen molar-refractivity contribution in [3.63, 3.8) is 0 Å². The fourth-order valence-corrected chi connectivity index (χ4v) is 4.12. The zero-order valence-electron chi connectivity index (χ0n) is 21.9. The van der Waals surface area contributed by atoms with Crippen LogP contribution in [0.5, 0.6) is 0 Å². The number of benzene rings is 1. The Labute approximate surface area is 235 Å². The van der Waals surface area contributed by atoms with Gasteiger partial charge in [-0.3, -0.25) is 24.5 Å². The van der Waals surface area contributed by atoms with Crippen LogP contribution in [-0.2, 0) is 14.3 Å². The number of Topliss-reactive ketones (excluding diaryl/α,β-unsaturated/α-hetero) is 1. The fourth-order valence-electron chi connectivity index (χ4n) is 4.01. The van der Waals surface area contributed by atoms with Gasteiger partial charge in [0, 0.05) is 19.7 Å². The Morgan fingerprint density at radius 3 is 2.58 bits per heavy atom. The van der Waals surface area contributed by atoms with Crippen LogP contribution in [0.1, 0.15) is 46.2 Å². The Morgan fingerprint density at radius 2 is 1.88 bits per heavy atom. The molecular weight excluding hydrogens is 538 g/mol. The number of ether oxygens (including phenoxy) is 1. The second-order valence-corrected chi connectivity index (χ2v) is 9.58. The smallest absolute Gasteiger partial charge is 0.303 e. The summed E-state index contributed by atoms with van der Waals surface area (Å²) >= 11 is 5.86. The van der Waals surface area contributed by atoms with E-state index in [0.717, 1.165) is 5.56 Å². The van der Waals surface area contributed by atoms with Gasteiger partial charge in [-0.05, 0) is 44.0 Å².